The summed E-state index contributed by atoms with van der Waals surface area (Å²) >= 11 is 0. The van der Waals surface area contributed by atoms with Crippen LogP contribution in [0.15, 0.2) is 36.2 Å². The number of carbonyl (C=O) groups is 1. The van der Waals surface area contributed by atoms with Crippen molar-refractivity contribution >= 4 is 5.91 Å². The van der Waals surface area contributed by atoms with Gasteiger partial charge in [0.2, 0.25) is 0 Å². The van der Waals surface area contributed by atoms with Crippen LogP contribution in [0, 0.1) is 6.92 Å². The summed E-state index contributed by atoms with van der Waals surface area (Å²) in [5, 5.41) is 2.89. The maximum absolute atomic E-state index is 12.0. The number of hydrogen-bond acceptors (Lipinski definition) is 1. The fraction of sp³-hybridized carbons (Fsp3) is 0.357. The van der Waals surface area contributed by atoms with Crippen LogP contribution in [0.1, 0.15) is 36.3 Å². The molecule has 92 valence electrons. The van der Waals surface area contributed by atoms with Gasteiger partial charge in [0.25, 0.3) is 5.91 Å². The van der Waals surface area contributed by atoms with Gasteiger partial charge in [-0.2, -0.15) is 0 Å². The quantitative estimate of drug-likeness (QED) is 0.796. The molecule has 3 heteroatoms. The van der Waals surface area contributed by atoms with Crippen molar-refractivity contribution in [2.75, 3.05) is 0 Å². The first-order chi connectivity index (χ1) is 8.08. The first kappa shape index (κ1) is 13.3. The topological polar surface area (TPSA) is 34.0 Å². The first-order valence-corrected chi connectivity index (χ1v) is 5.85. The number of nitrogens with zero attached hydrogens (tertiary/aromatic N) is 1. The van der Waals surface area contributed by atoms with E-state index in [0.717, 1.165) is 17.7 Å². The third kappa shape index (κ3) is 3.63. The van der Waals surface area contributed by atoms with Crippen LogP contribution in [-0.4, -0.2) is 10.5 Å². The largest absolute Gasteiger partial charge is 0.346 e. The Morgan fingerprint density at radius 3 is 2.71 bits per heavy atom. The molecule has 1 heterocycles. The van der Waals surface area contributed by atoms with Crippen LogP contribution in [0.2, 0.25) is 0 Å². The molecule has 0 aromatic carbocycles. The molecule has 0 unspecified atom stereocenters. The van der Waals surface area contributed by atoms with Gasteiger partial charge in [0.15, 0.2) is 0 Å². The predicted molar refractivity (Wildman–Crippen MR) is 70.8 cm³/mol. The molecule has 1 aromatic rings. The highest BCUT2D eigenvalue weighted by Gasteiger charge is 2.10. The molecule has 0 atom stereocenters. The average Bonchev–Trinajstić information content (AvgIpc) is 2.63. The molecule has 0 aliphatic rings. The molecule has 0 aliphatic heterocycles. The molecule has 1 amide bonds. The van der Waals surface area contributed by atoms with Crippen LogP contribution in [-0.2, 0) is 7.05 Å². The van der Waals surface area contributed by atoms with Crippen molar-refractivity contribution < 1.29 is 4.79 Å². The van der Waals surface area contributed by atoms with Crippen molar-refractivity contribution in [3.8, 4) is 0 Å². The zero-order valence-corrected chi connectivity index (χ0v) is 10.9. The van der Waals surface area contributed by atoms with Crippen LogP contribution >= 0.6 is 0 Å². The summed E-state index contributed by atoms with van der Waals surface area (Å²) < 4.78 is 1.83. The minimum absolute atomic E-state index is 0.0746. The van der Waals surface area contributed by atoms with E-state index in [9.17, 15) is 4.79 Å². The minimum atomic E-state index is -0.0746. The van der Waals surface area contributed by atoms with Gasteiger partial charge in [-0.25, -0.2) is 0 Å². The third-order valence-corrected chi connectivity index (χ3v) is 2.48. The lowest BCUT2D eigenvalue weighted by atomic mass is 10.3. The number of aryl methyl sites for hydroxylation is 2. The zero-order valence-electron chi connectivity index (χ0n) is 10.9. The molecule has 0 radical (unpaired) electrons. The van der Waals surface area contributed by atoms with Gasteiger partial charge < -0.3 is 9.88 Å². The number of aromatic nitrogens is 1. The second-order valence-corrected chi connectivity index (χ2v) is 4.02. The van der Waals surface area contributed by atoms with Crippen molar-refractivity contribution in [1.82, 2.24) is 9.88 Å². The second kappa shape index (κ2) is 6.09. The predicted octanol–water partition coefficient (Wildman–Crippen LogP) is 2.93. The highest BCUT2D eigenvalue weighted by molar-refractivity contribution is 5.94. The Kier molecular flexibility index (Phi) is 4.76. The summed E-state index contributed by atoms with van der Waals surface area (Å²) in [7, 11) is 1.87. The molecule has 17 heavy (non-hydrogen) atoms. The van der Waals surface area contributed by atoms with Gasteiger partial charge in [0.05, 0.1) is 0 Å². The van der Waals surface area contributed by atoms with E-state index in [0.29, 0.717) is 5.69 Å². The van der Waals surface area contributed by atoms with E-state index in [1.807, 2.05) is 56.0 Å². The van der Waals surface area contributed by atoms with E-state index < -0.39 is 0 Å². The minimum Gasteiger partial charge on any atom is -0.346 e. The van der Waals surface area contributed by atoms with Crippen LogP contribution in [0.3, 0.4) is 0 Å². The monoisotopic (exact) mass is 232 g/mol. The lowest BCUT2D eigenvalue weighted by Crippen LogP contribution is -2.23. The zero-order chi connectivity index (χ0) is 12.8. The lowest BCUT2D eigenvalue weighted by Gasteiger charge is -2.06. The molecule has 1 aromatic heterocycles. The van der Waals surface area contributed by atoms with Crippen LogP contribution in [0.5, 0.6) is 0 Å². The molecule has 3 nitrogen and oxygen atoms in total. The van der Waals surface area contributed by atoms with Crippen molar-refractivity contribution in [1.29, 1.82) is 0 Å². The highest BCUT2D eigenvalue weighted by Crippen LogP contribution is 2.06. The van der Waals surface area contributed by atoms with Gasteiger partial charge in [-0.3, -0.25) is 4.79 Å². The third-order valence-electron chi connectivity index (χ3n) is 2.48. The molecule has 0 saturated heterocycles. The number of nitrogens with one attached hydrogen (secondary N) is 1. The van der Waals surface area contributed by atoms with Gasteiger partial charge in [-0.05, 0) is 38.0 Å². The number of allylic oxidation sites excluding steroid dienone is 3. The average molecular weight is 232 g/mol. The van der Waals surface area contributed by atoms with Crippen molar-refractivity contribution in [3.63, 3.8) is 0 Å². The summed E-state index contributed by atoms with van der Waals surface area (Å²) in [6.45, 7) is 5.95. The van der Waals surface area contributed by atoms with E-state index in [2.05, 4.69) is 12.2 Å². The van der Waals surface area contributed by atoms with Crippen LogP contribution < -0.4 is 5.32 Å². The van der Waals surface area contributed by atoms with E-state index >= 15 is 0 Å². The molecular weight excluding hydrogens is 212 g/mol. The number of carbonyl (C=O) groups excluding carboxylic acids is 1. The van der Waals surface area contributed by atoms with Crippen LogP contribution in [0.25, 0.3) is 0 Å². The summed E-state index contributed by atoms with van der Waals surface area (Å²) in [5.74, 6) is -0.0746. The van der Waals surface area contributed by atoms with Crippen LogP contribution in [0.4, 0.5) is 0 Å². The van der Waals surface area contributed by atoms with E-state index in [1.54, 1.807) is 0 Å². The molecule has 0 aliphatic carbocycles. The number of rotatable bonds is 4. The molecule has 1 N–H and O–H groups in total. The Hall–Kier alpha value is -1.77. The Morgan fingerprint density at radius 1 is 1.53 bits per heavy atom. The van der Waals surface area contributed by atoms with E-state index in [4.69, 9.17) is 0 Å². The molecular formula is C14H20N2O. The van der Waals surface area contributed by atoms with Gasteiger partial charge >= 0.3 is 0 Å². The highest BCUT2D eigenvalue weighted by atomic mass is 16.1. The summed E-state index contributed by atoms with van der Waals surface area (Å²) in [6.07, 6.45) is 8.72. The van der Waals surface area contributed by atoms with Gasteiger partial charge in [0.1, 0.15) is 5.69 Å². The molecule has 0 fully saturated rings. The summed E-state index contributed by atoms with van der Waals surface area (Å²) in [6, 6.07) is 1.88. The van der Waals surface area contributed by atoms with E-state index in [-0.39, 0.29) is 5.91 Å². The Balaban J connectivity index is 2.78. The summed E-state index contributed by atoms with van der Waals surface area (Å²) in [5.41, 5.74) is 2.59. The maximum atomic E-state index is 12.0. The normalized spacial score (nSPS) is 12.1. The summed E-state index contributed by atoms with van der Waals surface area (Å²) in [4.78, 5) is 12.0. The van der Waals surface area contributed by atoms with Crippen molar-refractivity contribution in [2.45, 2.75) is 27.2 Å². The fourth-order valence-electron chi connectivity index (χ4n) is 1.61. The SMILES string of the molecule is C/C=C(\C=C/CC)NC(=O)c1cc(C)cn1C. The fourth-order valence-corrected chi connectivity index (χ4v) is 1.61. The lowest BCUT2D eigenvalue weighted by molar-refractivity contribution is 0.0959. The standard InChI is InChI=1S/C14H20N2O/c1-5-7-8-12(6-2)15-14(17)13-9-11(3)10-16(13)4/h6-10H,5H2,1-4H3,(H,15,17)/b8-7-,12-6+. The van der Waals surface area contributed by atoms with Gasteiger partial charge in [-0.1, -0.05) is 19.1 Å². The Bertz CT molecular complexity index is 453. The van der Waals surface area contributed by atoms with Gasteiger partial charge in [0, 0.05) is 18.9 Å². The van der Waals surface area contributed by atoms with Crippen molar-refractivity contribution in [3.05, 3.63) is 47.4 Å². The maximum Gasteiger partial charge on any atom is 0.272 e. The van der Waals surface area contributed by atoms with Crippen molar-refractivity contribution in [2.24, 2.45) is 7.05 Å². The van der Waals surface area contributed by atoms with E-state index in [1.165, 1.54) is 0 Å². The first-order valence-electron chi connectivity index (χ1n) is 5.85. The number of amides is 1. The number of hydrogen-bond donors (Lipinski definition) is 1. The molecule has 0 bridgehead atoms. The molecule has 1 rings (SSSR count). The second-order valence-electron chi connectivity index (χ2n) is 4.02. The van der Waals surface area contributed by atoms with Gasteiger partial charge in [-0.15, -0.1) is 0 Å². The molecule has 0 spiro atoms. The Morgan fingerprint density at radius 2 is 2.24 bits per heavy atom. The Labute approximate surface area is 103 Å². The molecule has 0 saturated carbocycles. The smallest absolute Gasteiger partial charge is 0.272 e.